The number of methoxy groups -OCH3 is 4. The van der Waals surface area contributed by atoms with Crippen molar-refractivity contribution in [3.63, 3.8) is 0 Å². The third kappa shape index (κ3) is 8.05. The Morgan fingerprint density at radius 3 is 1.28 bits per heavy atom. The van der Waals surface area contributed by atoms with Gasteiger partial charge in [0.05, 0.1) is 28.4 Å². The molecule has 0 saturated heterocycles. The molecule has 54 heavy (non-hydrogen) atoms. The Labute approximate surface area is 327 Å². The lowest BCUT2D eigenvalue weighted by Crippen LogP contribution is -2.55. The first-order valence-corrected chi connectivity index (χ1v) is 19.5. The molecule has 5 aliphatic carbocycles. The Hall–Kier alpha value is -4.28. The standard InChI is InChI=1S/C34H34Cl2N4O6.C8H14/c1-41-23-6-21(7-24(42-2)31(23)45-29-10-27(35)37-17-39-29)33-12-19-5-20(13-33)15-34(14-19,16-33)22-8-25(43-3)32(26(9-22)44-4)46-30-11-28(36)38-18-40-30;1-2-4-6-8-7-5-3-1/h6-11,17-20H,5,12-16H2,1-4H3;1-2H,3-8H2/b;2-1-. The summed E-state index contributed by atoms with van der Waals surface area (Å²) in [6, 6.07) is 11.5. The number of rotatable bonds is 10. The van der Waals surface area contributed by atoms with Crippen molar-refractivity contribution in [2.75, 3.05) is 28.4 Å². The van der Waals surface area contributed by atoms with Gasteiger partial charge in [0.1, 0.15) is 23.0 Å². The van der Waals surface area contributed by atoms with Crippen molar-refractivity contribution in [1.29, 1.82) is 0 Å². The lowest BCUT2D eigenvalue weighted by atomic mass is 9.41. The molecule has 0 radical (unpaired) electrons. The van der Waals surface area contributed by atoms with Crippen LogP contribution in [0.15, 0.2) is 61.2 Å². The molecule has 12 heteroatoms. The molecule has 2 aromatic heterocycles. The Balaban J connectivity index is 0.000000501. The molecule has 0 atom stereocenters. The van der Waals surface area contributed by atoms with Crippen molar-refractivity contribution >= 4 is 23.2 Å². The molecular formula is C42H48Cl2N4O6. The smallest absolute Gasteiger partial charge is 0.224 e. The normalized spacial score (nSPS) is 24.6. The highest BCUT2D eigenvalue weighted by Crippen LogP contribution is 2.67. The summed E-state index contributed by atoms with van der Waals surface area (Å²) in [6.07, 6.45) is 22.3. The summed E-state index contributed by atoms with van der Waals surface area (Å²) in [5, 5.41) is 0.564. The SMILES string of the molecule is C1=C\CCCCCC/1.COc1cc(C23CC4CC(C2)CC(c2cc(OC)c(Oc5cc(Cl)ncn5)c(OC)c2)(C4)C3)cc(OC)c1Oc1cc(Cl)ncn1. The molecule has 2 heterocycles. The van der Waals surface area contributed by atoms with Crippen LogP contribution in [0.1, 0.15) is 88.2 Å². The maximum absolute atomic E-state index is 6.14. The molecule has 0 amide bonds. The maximum atomic E-state index is 6.14. The highest BCUT2D eigenvalue weighted by molar-refractivity contribution is 6.29. The van der Waals surface area contributed by atoms with Crippen LogP contribution in [0.5, 0.6) is 46.3 Å². The summed E-state index contributed by atoms with van der Waals surface area (Å²) in [5.74, 6) is 4.93. The van der Waals surface area contributed by atoms with Crippen LogP contribution in [-0.2, 0) is 10.8 Å². The molecule has 286 valence electrons. The number of hydrogen-bond acceptors (Lipinski definition) is 10. The van der Waals surface area contributed by atoms with Crippen LogP contribution in [0.2, 0.25) is 10.3 Å². The van der Waals surface area contributed by atoms with E-state index in [1.807, 2.05) is 0 Å². The first kappa shape index (κ1) is 38.0. The Morgan fingerprint density at radius 1 is 0.537 bits per heavy atom. The zero-order valence-electron chi connectivity index (χ0n) is 31.4. The van der Waals surface area contributed by atoms with Gasteiger partial charge in [-0.2, -0.15) is 0 Å². The molecule has 4 saturated carbocycles. The fourth-order valence-electron chi connectivity index (χ4n) is 9.58. The van der Waals surface area contributed by atoms with Gasteiger partial charge in [-0.3, -0.25) is 0 Å². The molecule has 10 nitrogen and oxygen atoms in total. The first-order valence-electron chi connectivity index (χ1n) is 18.8. The van der Waals surface area contributed by atoms with Gasteiger partial charge in [0.15, 0.2) is 23.0 Å². The number of hydrogen-bond donors (Lipinski definition) is 0. The molecule has 4 fully saturated rings. The molecule has 2 aromatic carbocycles. The number of nitrogens with zero attached hydrogens (tertiary/aromatic N) is 4. The molecule has 4 aromatic rings. The van der Waals surface area contributed by atoms with Gasteiger partial charge in [-0.05, 0) is 122 Å². The number of aromatic nitrogens is 4. The number of halogens is 2. The number of benzene rings is 2. The predicted molar refractivity (Wildman–Crippen MR) is 208 cm³/mol. The minimum atomic E-state index is -0.0747. The van der Waals surface area contributed by atoms with Crippen molar-refractivity contribution < 1.29 is 28.4 Å². The second-order valence-electron chi connectivity index (χ2n) is 15.0. The zero-order valence-corrected chi connectivity index (χ0v) is 32.9. The van der Waals surface area contributed by atoms with E-state index < -0.39 is 0 Å². The summed E-state index contributed by atoms with van der Waals surface area (Å²) < 4.78 is 35.8. The van der Waals surface area contributed by atoms with E-state index in [-0.39, 0.29) is 21.1 Å². The van der Waals surface area contributed by atoms with Gasteiger partial charge in [0.2, 0.25) is 23.3 Å². The minimum Gasteiger partial charge on any atom is -0.493 e. The van der Waals surface area contributed by atoms with E-state index in [0.29, 0.717) is 58.1 Å². The molecule has 0 unspecified atom stereocenters. The zero-order chi connectivity index (χ0) is 37.7. The van der Waals surface area contributed by atoms with Crippen molar-refractivity contribution in [3.05, 3.63) is 82.6 Å². The van der Waals surface area contributed by atoms with Crippen LogP contribution in [-0.4, -0.2) is 48.4 Å². The maximum Gasteiger partial charge on any atom is 0.224 e. The van der Waals surface area contributed by atoms with Crippen LogP contribution in [0.3, 0.4) is 0 Å². The van der Waals surface area contributed by atoms with Gasteiger partial charge in [0, 0.05) is 12.1 Å². The fraction of sp³-hybridized carbons (Fsp3) is 0.476. The lowest BCUT2D eigenvalue weighted by Gasteiger charge is -2.62. The van der Waals surface area contributed by atoms with Crippen molar-refractivity contribution in [3.8, 4) is 46.3 Å². The number of allylic oxidation sites excluding steroid dienone is 2. The summed E-state index contributed by atoms with van der Waals surface area (Å²) >= 11 is 12.2. The van der Waals surface area contributed by atoms with E-state index >= 15 is 0 Å². The molecule has 0 spiro atoms. The highest BCUT2D eigenvalue weighted by atomic mass is 35.5. The minimum absolute atomic E-state index is 0.0747. The van der Waals surface area contributed by atoms with E-state index in [2.05, 4.69) is 56.4 Å². The van der Waals surface area contributed by atoms with Crippen LogP contribution in [0.25, 0.3) is 0 Å². The van der Waals surface area contributed by atoms with Gasteiger partial charge in [-0.15, -0.1) is 0 Å². The molecule has 0 N–H and O–H groups in total. The third-order valence-electron chi connectivity index (χ3n) is 11.5. The van der Waals surface area contributed by atoms with E-state index in [0.717, 1.165) is 32.1 Å². The summed E-state index contributed by atoms with van der Waals surface area (Å²) in [7, 11) is 6.54. The van der Waals surface area contributed by atoms with Gasteiger partial charge in [0.25, 0.3) is 0 Å². The summed E-state index contributed by atoms with van der Waals surface area (Å²) in [6.45, 7) is 0. The molecule has 4 bridgehead atoms. The Kier molecular flexibility index (Phi) is 11.7. The van der Waals surface area contributed by atoms with Crippen molar-refractivity contribution in [1.82, 2.24) is 19.9 Å². The second-order valence-corrected chi connectivity index (χ2v) is 15.7. The average molecular weight is 776 g/mol. The summed E-state index contributed by atoms with van der Waals surface area (Å²) in [5.41, 5.74) is 2.23. The topological polar surface area (TPSA) is 107 Å². The van der Waals surface area contributed by atoms with Crippen LogP contribution in [0, 0.1) is 11.8 Å². The first-order chi connectivity index (χ1) is 26.3. The van der Waals surface area contributed by atoms with E-state index in [1.165, 1.54) is 68.7 Å². The number of ether oxygens (including phenoxy) is 6. The van der Waals surface area contributed by atoms with Crippen molar-refractivity contribution in [2.45, 2.75) is 87.9 Å². The quantitative estimate of drug-likeness (QED) is 0.114. The van der Waals surface area contributed by atoms with Crippen LogP contribution >= 0.6 is 23.2 Å². The predicted octanol–water partition coefficient (Wildman–Crippen LogP) is 10.9. The Morgan fingerprint density at radius 2 is 0.926 bits per heavy atom. The van der Waals surface area contributed by atoms with Crippen LogP contribution in [0.4, 0.5) is 0 Å². The van der Waals surface area contributed by atoms with E-state index in [4.69, 9.17) is 51.6 Å². The summed E-state index contributed by atoms with van der Waals surface area (Å²) in [4.78, 5) is 16.3. The van der Waals surface area contributed by atoms with Gasteiger partial charge < -0.3 is 28.4 Å². The fourth-order valence-corrected chi connectivity index (χ4v) is 9.85. The second kappa shape index (κ2) is 16.6. The van der Waals surface area contributed by atoms with Crippen molar-refractivity contribution in [2.24, 2.45) is 11.8 Å². The average Bonchev–Trinajstić information content (AvgIpc) is 3.14. The third-order valence-corrected chi connectivity index (χ3v) is 11.9. The van der Waals surface area contributed by atoms with E-state index in [1.54, 1.807) is 40.6 Å². The highest BCUT2D eigenvalue weighted by Gasteiger charge is 2.59. The van der Waals surface area contributed by atoms with E-state index in [9.17, 15) is 0 Å². The molecular weight excluding hydrogens is 727 g/mol. The Bertz CT molecular complexity index is 1780. The molecule has 9 rings (SSSR count). The van der Waals surface area contributed by atoms with Crippen LogP contribution < -0.4 is 28.4 Å². The molecule has 5 aliphatic rings. The van der Waals surface area contributed by atoms with Gasteiger partial charge in [-0.25, -0.2) is 19.9 Å². The van der Waals surface area contributed by atoms with Gasteiger partial charge in [-0.1, -0.05) is 48.2 Å². The monoisotopic (exact) mass is 774 g/mol. The van der Waals surface area contributed by atoms with Gasteiger partial charge >= 0.3 is 0 Å². The lowest BCUT2D eigenvalue weighted by molar-refractivity contribution is -0.0284. The largest absolute Gasteiger partial charge is 0.493 e. The molecule has 0 aliphatic heterocycles.